The molecule has 102 valence electrons. The summed E-state index contributed by atoms with van der Waals surface area (Å²) in [6.07, 6.45) is 3.93. The van der Waals surface area contributed by atoms with Crippen molar-refractivity contribution in [2.24, 2.45) is 11.3 Å². The minimum Gasteiger partial charge on any atom is -0.396 e. The van der Waals surface area contributed by atoms with Crippen LogP contribution in [0, 0.1) is 11.3 Å². The summed E-state index contributed by atoms with van der Waals surface area (Å²) in [5.41, 5.74) is 0.426. The van der Waals surface area contributed by atoms with Gasteiger partial charge in [0.15, 0.2) is 0 Å². The van der Waals surface area contributed by atoms with E-state index in [-0.39, 0.29) is 0 Å². The molecule has 0 heterocycles. The van der Waals surface area contributed by atoms with Gasteiger partial charge >= 0.3 is 0 Å². The Balaban J connectivity index is 2.56. The summed E-state index contributed by atoms with van der Waals surface area (Å²) in [5.74, 6) is 1.71. The van der Waals surface area contributed by atoms with Crippen LogP contribution in [0.5, 0.6) is 0 Å². The minimum atomic E-state index is 0.306. The molecule has 3 unspecified atom stereocenters. The standard InChI is InChI=1S/C14H29NOS/c1-5-15-12-7-6-11(14(2,3)4)10-13(12)17-9-8-16/h11-13,15-16H,5-10H2,1-4H3. The Morgan fingerprint density at radius 3 is 2.53 bits per heavy atom. The molecule has 1 saturated carbocycles. The van der Waals surface area contributed by atoms with E-state index in [0.717, 1.165) is 18.2 Å². The van der Waals surface area contributed by atoms with Crippen molar-refractivity contribution in [3.63, 3.8) is 0 Å². The fourth-order valence-electron chi connectivity index (χ4n) is 2.80. The largest absolute Gasteiger partial charge is 0.396 e. The maximum atomic E-state index is 9.00. The summed E-state index contributed by atoms with van der Waals surface area (Å²) in [7, 11) is 0. The highest BCUT2D eigenvalue weighted by Crippen LogP contribution is 2.41. The quantitative estimate of drug-likeness (QED) is 0.796. The van der Waals surface area contributed by atoms with Gasteiger partial charge in [-0.1, -0.05) is 27.7 Å². The van der Waals surface area contributed by atoms with Gasteiger partial charge < -0.3 is 10.4 Å². The van der Waals surface area contributed by atoms with Crippen molar-refractivity contribution in [2.45, 2.75) is 58.2 Å². The van der Waals surface area contributed by atoms with Gasteiger partial charge in [0.2, 0.25) is 0 Å². The summed E-state index contributed by atoms with van der Waals surface area (Å²) in [6.45, 7) is 10.6. The van der Waals surface area contributed by atoms with E-state index in [4.69, 9.17) is 5.11 Å². The monoisotopic (exact) mass is 259 g/mol. The number of thioether (sulfide) groups is 1. The maximum absolute atomic E-state index is 9.00. The summed E-state index contributed by atoms with van der Waals surface area (Å²) in [4.78, 5) is 0. The van der Waals surface area contributed by atoms with E-state index in [1.54, 1.807) is 0 Å². The fraction of sp³-hybridized carbons (Fsp3) is 1.00. The van der Waals surface area contributed by atoms with E-state index in [1.807, 2.05) is 11.8 Å². The van der Waals surface area contributed by atoms with Gasteiger partial charge in [0.1, 0.15) is 0 Å². The molecule has 2 N–H and O–H groups in total. The molecule has 1 fully saturated rings. The molecule has 3 atom stereocenters. The number of aliphatic hydroxyl groups is 1. The second-order valence-electron chi connectivity index (χ2n) is 6.17. The van der Waals surface area contributed by atoms with Crippen LogP contribution in [0.3, 0.4) is 0 Å². The van der Waals surface area contributed by atoms with E-state index in [2.05, 4.69) is 33.0 Å². The van der Waals surface area contributed by atoms with Gasteiger partial charge in [-0.25, -0.2) is 0 Å². The van der Waals surface area contributed by atoms with E-state index in [9.17, 15) is 0 Å². The Morgan fingerprint density at radius 2 is 2.00 bits per heavy atom. The second-order valence-corrected chi connectivity index (χ2v) is 7.52. The SMILES string of the molecule is CCNC1CCC(C(C)(C)C)CC1SCCO. The van der Waals surface area contributed by atoms with Crippen molar-refractivity contribution in [3.05, 3.63) is 0 Å². The first-order valence-corrected chi connectivity index (χ1v) is 7.99. The van der Waals surface area contributed by atoms with Crippen LogP contribution in [0.15, 0.2) is 0 Å². The normalized spacial score (nSPS) is 30.5. The molecule has 0 saturated heterocycles. The zero-order valence-electron chi connectivity index (χ0n) is 11.8. The Bertz CT molecular complexity index is 215. The van der Waals surface area contributed by atoms with Crippen LogP contribution >= 0.6 is 11.8 Å². The molecular formula is C14H29NOS. The highest BCUT2D eigenvalue weighted by Gasteiger charge is 2.35. The van der Waals surface area contributed by atoms with Crippen molar-refractivity contribution >= 4 is 11.8 Å². The van der Waals surface area contributed by atoms with Crippen LogP contribution in [0.4, 0.5) is 0 Å². The minimum absolute atomic E-state index is 0.306. The number of hydrogen-bond donors (Lipinski definition) is 2. The third-order valence-corrected chi connectivity index (χ3v) is 5.27. The molecule has 0 aromatic heterocycles. The third kappa shape index (κ3) is 4.80. The van der Waals surface area contributed by atoms with Gasteiger partial charge in [0.25, 0.3) is 0 Å². The molecule has 1 rings (SSSR count). The van der Waals surface area contributed by atoms with Crippen molar-refractivity contribution in [3.8, 4) is 0 Å². The Hall–Kier alpha value is 0.270. The lowest BCUT2D eigenvalue weighted by molar-refractivity contribution is 0.165. The van der Waals surface area contributed by atoms with Gasteiger partial charge in [-0.3, -0.25) is 0 Å². The highest BCUT2D eigenvalue weighted by atomic mass is 32.2. The van der Waals surface area contributed by atoms with Crippen molar-refractivity contribution in [1.82, 2.24) is 5.32 Å². The zero-order chi connectivity index (χ0) is 12.9. The van der Waals surface area contributed by atoms with Crippen LogP contribution < -0.4 is 5.32 Å². The van der Waals surface area contributed by atoms with Crippen molar-refractivity contribution in [1.29, 1.82) is 0 Å². The van der Waals surface area contributed by atoms with Gasteiger partial charge in [-0.2, -0.15) is 11.8 Å². The van der Waals surface area contributed by atoms with Gasteiger partial charge in [-0.05, 0) is 37.1 Å². The molecule has 1 aliphatic carbocycles. The summed E-state index contributed by atoms with van der Waals surface area (Å²) in [6, 6.07) is 0.648. The molecule has 17 heavy (non-hydrogen) atoms. The summed E-state index contributed by atoms with van der Waals surface area (Å²) >= 11 is 1.95. The molecule has 0 bridgehead atoms. The smallest absolute Gasteiger partial charge is 0.0521 e. The number of rotatable bonds is 5. The van der Waals surface area contributed by atoms with Gasteiger partial charge in [0, 0.05) is 17.0 Å². The van der Waals surface area contributed by atoms with Crippen molar-refractivity contribution < 1.29 is 5.11 Å². The molecule has 0 spiro atoms. The van der Waals surface area contributed by atoms with Crippen LogP contribution in [-0.4, -0.2) is 35.3 Å². The first-order valence-electron chi connectivity index (χ1n) is 6.94. The number of hydrogen-bond acceptors (Lipinski definition) is 3. The van der Waals surface area contributed by atoms with Gasteiger partial charge in [0.05, 0.1) is 6.61 Å². The predicted octanol–water partition coefficient (Wildman–Crippen LogP) is 2.90. The second kappa shape index (κ2) is 7.01. The average Bonchev–Trinajstić information content (AvgIpc) is 2.26. The van der Waals surface area contributed by atoms with E-state index >= 15 is 0 Å². The average molecular weight is 259 g/mol. The van der Waals surface area contributed by atoms with Crippen LogP contribution in [0.1, 0.15) is 47.0 Å². The molecular weight excluding hydrogens is 230 g/mol. The van der Waals surface area contributed by atoms with Crippen LogP contribution in [0.25, 0.3) is 0 Å². The van der Waals surface area contributed by atoms with Crippen LogP contribution in [-0.2, 0) is 0 Å². The van der Waals surface area contributed by atoms with E-state index in [0.29, 0.717) is 23.3 Å². The van der Waals surface area contributed by atoms with Crippen LogP contribution in [0.2, 0.25) is 0 Å². The molecule has 0 aromatic carbocycles. The van der Waals surface area contributed by atoms with Crippen molar-refractivity contribution in [2.75, 3.05) is 18.9 Å². The van der Waals surface area contributed by atoms with Gasteiger partial charge in [-0.15, -0.1) is 0 Å². The summed E-state index contributed by atoms with van der Waals surface area (Å²) in [5, 5.41) is 13.3. The third-order valence-electron chi connectivity index (χ3n) is 3.91. The lowest BCUT2D eigenvalue weighted by atomic mass is 9.71. The predicted molar refractivity (Wildman–Crippen MR) is 77.6 cm³/mol. The molecule has 1 aliphatic rings. The Labute approximate surface area is 111 Å². The molecule has 3 heteroatoms. The maximum Gasteiger partial charge on any atom is 0.0521 e. The molecule has 0 amide bonds. The number of aliphatic hydroxyl groups excluding tert-OH is 1. The highest BCUT2D eigenvalue weighted by molar-refractivity contribution is 7.99. The molecule has 0 aliphatic heterocycles. The molecule has 0 aromatic rings. The zero-order valence-corrected chi connectivity index (χ0v) is 12.6. The van der Waals surface area contributed by atoms with E-state index < -0.39 is 0 Å². The Morgan fingerprint density at radius 1 is 1.29 bits per heavy atom. The lowest BCUT2D eigenvalue weighted by Crippen LogP contribution is -2.45. The topological polar surface area (TPSA) is 32.3 Å². The number of nitrogens with one attached hydrogen (secondary N) is 1. The van der Waals surface area contributed by atoms with E-state index in [1.165, 1.54) is 19.3 Å². The first-order chi connectivity index (χ1) is 7.99. The Kier molecular flexibility index (Phi) is 6.32. The fourth-order valence-corrected chi connectivity index (χ4v) is 4.04. The summed E-state index contributed by atoms with van der Waals surface area (Å²) < 4.78 is 0. The first kappa shape index (κ1) is 15.3. The lowest BCUT2D eigenvalue weighted by Gasteiger charge is -2.42. The molecule has 0 radical (unpaired) electrons. The molecule has 2 nitrogen and oxygen atoms in total.